The minimum absolute atomic E-state index is 1.07. The van der Waals surface area contributed by atoms with E-state index in [1.807, 2.05) is 6.08 Å². The van der Waals surface area contributed by atoms with Gasteiger partial charge in [0, 0.05) is 17.1 Å². The fourth-order valence-corrected chi connectivity index (χ4v) is 9.92. The molecule has 0 aliphatic heterocycles. The zero-order valence-electron chi connectivity index (χ0n) is 40.6. The normalized spacial score (nSPS) is 10.8. The first-order chi connectivity index (χ1) is 36.2. The van der Waals surface area contributed by atoms with E-state index in [0.717, 1.165) is 56.0 Å². The van der Waals surface area contributed by atoms with Crippen LogP contribution in [0, 0.1) is 0 Å². The Kier molecular flexibility index (Phi) is 13.6. The molecule has 0 amide bonds. The van der Waals surface area contributed by atoms with E-state index in [-0.39, 0.29) is 0 Å². The Hall–Kier alpha value is -9.56. The van der Waals surface area contributed by atoms with Gasteiger partial charge in [-0.2, -0.15) is 0 Å². The summed E-state index contributed by atoms with van der Waals surface area (Å²) in [6.07, 6.45) is 1.89. The highest BCUT2D eigenvalue weighted by molar-refractivity contribution is 6.06. The van der Waals surface area contributed by atoms with Gasteiger partial charge in [0.15, 0.2) is 0 Å². The van der Waals surface area contributed by atoms with Gasteiger partial charge in [-0.1, -0.05) is 280 Å². The molecule has 0 fully saturated rings. The van der Waals surface area contributed by atoms with Crippen LogP contribution in [0.2, 0.25) is 0 Å². The van der Waals surface area contributed by atoms with Crippen LogP contribution in [0.1, 0.15) is 50.1 Å². The molecule has 11 aromatic rings. The summed E-state index contributed by atoms with van der Waals surface area (Å²) in [5, 5.41) is 0. The molecule has 73 heavy (non-hydrogen) atoms. The average Bonchev–Trinajstić information content (AvgIpc) is 3.48. The molecule has 346 valence electrons. The molecule has 11 aromatic carbocycles. The fourth-order valence-electron chi connectivity index (χ4n) is 9.92. The van der Waals surface area contributed by atoms with Crippen LogP contribution in [-0.4, -0.2) is 0 Å². The van der Waals surface area contributed by atoms with E-state index >= 15 is 0 Å². The third-order valence-electron chi connectivity index (χ3n) is 13.5. The van der Waals surface area contributed by atoms with Crippen molar-refractivity contribution >= 4 is 45.4 Å². The molecular weight excluding hydrogens is 879 g/mol. The van der Waals surface area contributed by atoms with Gasteiger partial charge in [-0.15, -0.1) is 0 Å². The average molecular weight is 932 g/mol. The van der Waals surface area contributed by atoms with Gasteiger partial charge in [0.1, 0.15) is 0 Å². The minimum atomic E-state index is 1.07. The Morgan fingerprint density at radius 2 is 0.411 bits per heavy atom. The lowest BCUT2D eigenvalue weighted by atomic mass is 9.85. The second-order valence-electron chi connectivity index (χ2n) is 18.1. The number of anilines is 3. The van der Waals surface area contributed by atoms with Crippen LogP contribution in [0.4, 0.5) is 17.1 Å². The van der Waals surface area contributed by atoms with Crippen LogP contribution in [-0.2, 0) is 0 Å². The molecule has 0 aliphatic rings. The van der Waals surface area contributed by atoms with Crippen molar-refractivity contribution in [2.75, 3.05) is 4.90 Å². The number of nitrogens with zero attached hydrogens (tertiary/aromatic N) is 1. The van der Waals surface area contributed by atoms with Crippen molar-refractivity contribution in [3.8, 4) is 22.3 Å². The van der Waals surface area contributed by atoms with Crippen LogP contribution in [0.5, 0.6) is 0 Å². The molecule has 0 saturated heterocycles. The van der Waals surface area contributed by atoms with Crippen molar-refractivity contribution in [3.05, 3.63) is 360 Å². The first-order valence-corrected chi connectivity index (χ1v) is 24.9. The minimum Gasteiger partial charge on any atom is -0.311 e. The monoisotopic (exact) mass is 931 g/mol. The van der Waals surface area contributed by atoms with E-state index in [1.165, 1.54) is 55.7 Å². The maximum atomic E-state index is 4.01. The highest BCUT2D eigenvalue weighted by atomic mass is 15.1. The molecule has 0 aromatic heterocycles. The highest BCUT2D eigenvalue weighted by Crippen LogP contribution is 2.41. The van der Waals surface area contributed by atoms with Crippen molar-refractivity contribution in [2.45, 2.75) is 0 Å². The van der Waals surface area contributed by atoms with Gasteiger partial charge in [-0.25, -0.2) is 0 Å². The number of rotatable bonds is 14. The fraction of sp³-hybridized carbons (Fsp3) is 0. The Morgan fingerprint density at radius 1 is 0.219 bits per heavy atom. The maximum absolute atomic E-state index is 4.01. The maximum Gasteiger partial charge on any atom is 0.0462 e. The molecule has 0 radical (unpaired) electrons. The summed E-state index contributed by atoms with van der Waals surface area (Å²) in [5.41, 5.74) is 23.1. The van der Waals surface area contributed by atoms with Crippen LogP contribution in [0.15, 0.2) is 310 Å². The molecule has 11 rings (SSSR count). The lowest BCUT2D eigenvalue weighted by Crippen LogP contribution is -2.09. The quantitative estimate of drug-likeness (QED) is 0.0982. The second-order valence-corrected chi connectivity index (χ2v) is 18.1. The molecule has 0 saturated carbocycles. The van der Waals surface area contributed by atoms with E-state index in [0.29, 0.717) is 0 Å². The standard InChI is InChI=1S/C72H53N/c1-2-53-33-47-66(48-34-53)73(67-49-43-56(44-50-67)54-35-39-64(40-36-54)71(62-29-17-7-18-30-62)69(58-21-9-3-10-22-58)59-23-11-4-12-24-59)68-51-45-57(46-52-68)55-37-41-65(42-38-55)72(63-31-19-8-20-32-63)70(60-25-13-5-14-26-60)61-27-15-6-16-28-61/h2-52H,1H2. The van der Waals surface area contributed by atoms with Gasteiger partial charge in [0.2, 0.25) is 0 Å². The Bertz CT molecular complexity index is 3310. The zero-order chi connectivity index (χ0) is 49.2. The summed E-state index contributed by atoms with van der Waals surface area (Å²) in [6.45, 7) is 4.01. The topological polar surface area (TPSA) is 3.24 Å². The van der Waals surface area contributed by atoms with Gasteiger partial charge in [0.25, 0.3) is 0 Å². The van der Waals surface area contributed by atoms with Gasteiger partial charge < -0.3 is 4.90 Å². The van der Waals surface area contributed by atoms with Crippen molar-refractivity contribution < 1.29 is 0 Å². The lowest BCUT2D eigenvalue weighted by Gasteiger charge is -2.26. The third-order valence-corrected chi connectivity index (χ3v) is 13.5. The molecule has 0 spiro atoms. The van der Waals surface area contributed by atoms with E-state index < -0.39 is 0 Å². The van der Waals surface area contributed by atoms with Crippen LogP contribution < -0.4 is 4.90 Å². The lowest BCUT2D eigenvalue weighted by molar-refractivity contribution is 1.28. The smallest absolute Gasteiger partial charge is 0.0462 e. The molecule has 0 unspecified atom stereocenters. The molecule has 0 atom stereocenters. The van der Waals surface area contributed by atoms with Crippen LogP contribution in [0.3, 0.4) is 0 Å². The second kappa shape index (κ2) is 21.6. The van der Waals surface area contributed by atoms with Crippen molar-refractivity contribution in [3.63, 3.8) is 0 Å². The summed E-state index contributed by atoms with van der Waals surface area (Å²) in [5.74, 6) is 0. The van der Waals surface area contributed by atoms with Crippen molar-refractivity contribution in [1.82, 2.24) is 0 Å². The number of hydrogen-bond donors (Lipinski definition) is 0. The van der Waals surface area contributed by atoms with Gasteiger partial charge in [-0.3, -0.25) is 0 Å². The summed E-state index contributed by atoms with van der Waals surface area (Å²) < 4.78 is 0. The molecule has 0 N–H and O–H groups in total. The largest absolute Gasteiger partial charge is 0.311 e. The van der Waals surface area contributed by atoms with Gasteiger partial charge in [0.05, 0.1) is 0 Å². The predicted octanol–water partition coefficient (Wildman–Crippen LogP) is 19.1. The summed E-state index contributed by atoms with van der Waals surface area (Å²) in [7, 11) is 0. The van der Waals surface area contributed by atoms with Gasteiger partial charge in [-0.05, 0) is 131 Å². The SMILES string of the molecule is C=Cc1ccc(N(c2ccc(-c3ccc(C(=C(c4ccccc4)c4ccccc4)c4ccccc4)cc3)cc2)c2ccc(-c3ccc(C(=C(c4ccccc4)c4ccccc4)c4ccccc4)cc3)cc2)cc1. The van der Waals surface area contributed by atoms with Crippen LogP contribution in [0.25, 0.3) is 50.6 Å². The van der Waals surface area contributed by atoms with Crippen molar-refractivity contribution in [2.24, 2.45) is 0 Å². The van der Waals surface area contributed by atoms with E-state index in [4.69, 9.17) is 0 Å². The Balaban J connectivity index is 0.914. The predicted molar refractivity (Wildman–Crippen MR) is 311 cm³/mol. The highest BCUT2D eigenvalue weighted by Gasteiger charge is 2.19. The molecule has 0 heterocycles. The molecule has 0 aliphatic carbocycles. The summed E-state index contributed by atoms with van der Waals surface area (Å²) in [6, 6.07) is 109. The first kappa shape index (κ1) is 45.9. The van der Waals surface area contributed by atoms with Crippen molar-refractivity contribution in [1.29, 1.82) is 0 Å². The Labute approximate surface area is 430 Å². The van der Waals surface area contributed by atoms with Gasteiger partial charge >= 0.3 is 0 Å². The van der Waals surface area contributed by atoms with E-state index in [1.54, 1.807) is 0 Å². The molecule has 0 bridgehead atoms. The molecule has 1 nitrogen and oxygen atoms in total. The third kappa shape index (κ3) is 10.1. The summed E-state index contributed by atoms with van der Waals surface area (Å²) >= 11 is 0. The summed E-state index contributed by atoms with van der Waals surface area (Å²) in [4.78, 5) is 2.32. The first-order valence-electron chi connectivity index (χ1n) is 24.9. The number of benzene rings is 11. The Morgan fingerprint density at radius 3 is 0.630 bits per heavy atom. The molecule has 1 heteroatoms. The van der Waals surface area contributed by atoms with E-state index in [9.17, 15) is 0 Å². The number of hydrogen-bond acceptors (Lipinski definition) is 1. The molecular formula is C72H53N. The zero-order valence-corrected chi connectivity index (χ0v) is 40.6. The van der Waals surface area contributed by atoms with Crippen LogP contribution >= 0.6 is 0 Å². The van der Waals surface area contributed by atoms with E-state index in [2.05, 4.69) is 315 Å².